The van der Waals surface area contributed by atoms with E-state index in [-0.39, 0.29) is 17.5 Å². The molecule has 1 aromatic carbocycles. The molecule has 0 unspecified atom stereocenters. The average molecular weight is 547 g/mol. The van der Waals surface area contributed by atoms with E-state index in [0.717, 1.165) is 11.1 Å². The predicted octanol–water partition coefficient (Wildman–Crippen LogP) is 3.04. The molecular weight excluding hydrogens is 520 g/mol. The fraction of sp³-hybridized carbons (Fsp3) is 0.192. The maximum absolute atomic E-state index is 13.1. The Balaban J connectivity index is 1.32. The Morgan fingerprint density at radius 1 is 0.974 bits per heavy atom. The molecule has 39 heavy (non-hydrogen) atoms. The molecule has 12 nitrogen and oxygen atoms in total. The molecule has 5 aromatic rings. The van der Waals surface area contributed by atoms with Crippen LogP contribution in [-0.4, -0.2) is 55.2 Å². The first-order valence-corrected chi connectivity index (χ1v) is 13.6. The molecule has 0 fully saturated rings. The molecule has 5 rings (SSSR count). The van der Waals surface area contributed by atoms with Crippen molar-refractivity contribution in [3.05, 3.63) is 84.3 Å². The fourth-order valence-electron chi connectivity index (χ4n) is 4.05. The second-order valence-corrected chi connectivity index (χ2v) is 10.6. The fourth-order valence-corrected chi connectivity index (χ4v) is 4.99. The zero-order chi connectivity index (χ0) is 27.6. The lowest BCUT2D eigenvalue weighted by Crippen LogP contribution is -2.16. The lowest BCUT2D eigenvalue weighted by Gasteiger charge is -2.09. The van der Waals surface area contributed by atoms with Crippen molar-refractivity contribution < 1.29 is 18.3 Å². The number of aryl methyl sites for hydroxylation is 3. The van der Waals surface area contributed by atoms with Crippen LogP contribution >= 0.6 is 0 Å². The summed E-state index contributed by atoms with van der Waals surface area (Å²) in [4.78, 5) is 25.6. The summed E-state index contributed by atoms with van der Waals surface area (Å²) in [6.45, 7) is 4.20. The summed E-state index contributed by atoms with van der Waals surface area (Å²) in [6.07, 6.45) is 7.50. The Morgan fingerprint density at radius 3 is 2.44 bits per heavy atom. The van der Waals surface area contributed by atoms with Crippen LogP contribution in [0.5, 0.6) is 0 Å². The van der Waals surface area contributed by atoms with Crippen molar-refractivity contribution in [2.45, 2.75) is 31.7 Å². The van der Waals surface area contributed by atoms with Crippen LogP contribution in [0.1, 0.15) is 28.3 Å². The van der Waals surface area contributed by atoms with E-state index in [4.69, 9.17) is 5.11 Å². The third-order valence-corrected chi connectivity index (χ3v) is 7.22. The molecule has 3 N–H and O–H groups in total. The average Bonchev–Trinajstić information content (AvgIpc) is 3.54. The minimum Gasteiger partial charge on any atom is -0.396 e. The number of imidazole rings is 1. The van der Waals surface area contributed by atoms with E-state index >= 15 is 0 Å². The van der Waals surface area contributed by atoms with Crippen LogP contribution < -0.4 is 10.0 Å². The van der Waals surface area contributed by atoms with Gasteiger partial charge in [-0.3, -0.25) is 13.9 Å². The molecule has 0 saturated heterocycles. The zero-order valence-corrected chi connectivity index (χ0v) is 22.1. The number of nitrogens with zero attached hydrogens (tertiary/aromatic N) is 6. The van der Waals surface area contributed by atoms with Gasteiger partial charge in [0.2, 0.25) is 5.95 Å². The second-order valence-electron chi connectivity index (χ2n) is 8.92. The van der Waals surface area contributed by atoms with Crippen LogP contribution in [0.2, 0.25) is 0 Å². The number of hydrogen-bond donors (Lipinski definition) is 3. The number of aliphatic hydroxyl groups is 1. The number of carbonyl (C=O) groups is 1. The highest BCUT2D eigenvalue weighted by molar-refractivity contribution is 7.92. The van der Waals surface area contributed by atoms with Gasteiger partial charge in [-0.15, -0.1) is 0 Å². The van der Waals surface area contributed by atoms with Gasteiger partial charge in [0.05, 0.1) is 17.3 Å². The number of nitrogens with one attached hydrogen (secondary N) is 2. The zero-order valence-electron chi connectivity index (χ0n) is 21.2. The van der Waals surface area contributed by atoms with Gasteiger partial charge in [-0.25, -0.2) is 28.1 Å². The number of pyridine rings is 1. The number of hydrogen-bond acceptors (Lipinski definition) is 8. The summed E-state index contributed by atoms with van der Waals surface area (Å²) in [6, 6.07) is 11.2. The van der Waals surface area contributed by atoms with E-state index in [1.54, 1.807) is 41.4 Å². The lowest BCUT2D eigenvalue weighted by atomic mass is 10.1. The third-order valence-electron chi connectivity index (χ3n) is 5.88. The van der Waals surface area contributed by atoms with Gasteiger partial charge in [-0.1, -0.05) is 0 Å². The minimum absolute atomic E-state index is 0.00207. The van der Waals surface area contributed by atoms with Crippen molar-refractivity contribution in [3.63, 3.8) is 0 Å². The lowest BCUT2D eigenvalue weighted by molar-refractivity contribution is 0.102. The molecule has 0 radical (unpaired) electrons. The first-order valence-electron chi connectivity index (χ1n) is 12.1. The molecule has 0 spiro atoms. The third kappa shape index (κ3) is 5.78. The van der Waals surface area contributed by atoms with Crippen LogP contribution in [-0.2, 0) is 16.6 Å². The van der Waals surface area contributed by atoms with Gasteiger partial charge >= 0.3 is 0 Å². The summed E-state index contributed by atoms with van der Waals surface area (Å²) in [5, 5.41) is 16.1. The summed E-state index contributed by atoms with van der Waals surface area (Å²) in [5.41, 5.74) is 4.32. The number of carbonyl (C=O) groups excluding carboxylic acids is 1. The van der Waals surface area contributed by atoms with E-state index in [0.29, 0.717) is 41.4 Å². The summed E-state index contributed by atoms with van der Waals surface area (Å²) < 4.78 is 31.4. The van der Waals surface area contributed by atoms with Crippen molar-refractivity contribution in [2.75, 3.05) is 16.6 Å². The van der Waals surface area contributed by atoms with E-state index in [1.807, 2.05) is 18.3 Å². The largest absolute Gasteiger partial charge is 0.396 e. The van der Waals surface area contributed by atoms with Crippen LogP contribution in [0, 0.1) is 13.8 Å². The number of anilines is 2. The van der Waals surface area contributed by atoms with Crippen molar-refractivity contribution in [1.82, 2.24) is 29.1 Å². The summed E-state index contributed by atoms with van der Waals surface area (Å²) >= 11 is 0. The SMILES string of the molecule is Cc1cc(C)nc(NS(=O)(=O)c2ccc(NC(=O)c3cnc4ccc(-c5cnn(CCCO)c5)cn34)cc2)n1. The van der Waals surface area contributed by atoms with Crippen molar-refractivity contribution in [1.29, 1.82) is 0 Å². The molecule has 0 aliphatic carbocycles. The highest BCUT2D eigenvalue weighted by atomic mass is 32.2. The summed E-state index contributed by atoms with van der Waals surface area (Å²) in [7, 11) is -3.92. The standard InChI is InChI=1S/C26H26N8O4S/c1-17-12-18(2)30-26(29-17)32-39(37,38)22-7-5-21(6-8-22)31-25(36)23-14-27-24-9-4-19(16-34(23)24)20-13-28-33(15-20)10-3-11-35/h4-9,12-16,35H,3,10-11H2,1-2H3,(H,31,36)(H,29,30,32). The minimum atomic E-state index is -3.92. The van der Waals surface area contributed by atoms with Crippen molar-refractivity contribution in [3.8, 4) is 11.1 Å². The van der Waals surface area contributed by atoms with Gasteiger partial charge in [0, 0.05) is 53.7 Å². The first kappa shape index (κ1) is 26.0. The van der Waals surface area contributed by atoms with Gasteiger partial charge in [0.1, 0.15) is 11.3 Å². The molecule has 13 heteroatoms. The highest BCUT2D eigenvalue weighted by Gasteiger charge is 2.18. The molecule has 0 atom stereocenters. The Labute approximate surface area is 224 Å². The first-order chi connectivity index (χ1) is 18.7. The Kier molecular flexibility index (Phi) is 7.09. The number of amides is 1. The monoisotopic (exact) mass is 546 g/mol. The van der Waals surface area contributed by atoms with Crippen LogP contribution in [0.25, 0.3) is 16.8 Å². The number of aromatic nitrogens is 6. The number of aliphatic hydroxyl groups excluding tert-OH is 1. The Bertz CT molecular complexity index is 1740. The molecular formula is C26H26N8O4S. The number of sulfonamides is 1. The molecule has 4 aromatic heterocycles. The predicted molar refractivity (Wildman–Crippen MR) is 145 cm³/mol. The molecule has 4 heterocycles. The van der Waals surface area contributed by atoms with E-state index < -0.39 is 15.9 Å². The number of rotatable bonds is 9. The molecule has 0 bridgehead atoms. The van der Waals surface area contributed by atoms with Gasteiger partial charge < -0.3 is 10.4 Å². The topological polar surface area (TPSA) is 156 Å². The van der Waals surface area contributed by atoms with Crippen LogP contribution in [0.15, 0.2) is 72.1 Å². The molecule has 200 valence electrons. The molecule has 0 aliphatic heterocycles. The molecule has 0 saturated carbocycles. The second kappa shape index (κ2) is 10.6. The van der Waals surface area contributed by atoms with Crippen molar-refractivity contribution >= 4 is 33.2 Å². The van der Waals surface area contributed by atoms with E-state index in [2.05, 4.69) is 30.1 Å². The van der Waals surface area contributed by atoms with Gasteiger partial charge in [0.25, 0.3) is 15.9 Å². The van der Waals surface area contributed by atoms with Crippen molar-refractivity contribution in [2.24, 2.45) is 0 Å². The van der Waals surface area contributed by atoms with Gasteiger partial charge in [0.15, 0.2) is 0 Å². The van der Waals surface area contributed by atoms with Crippen LogP contribution in [0.4, 0.5) is 11.6 Å². The van der Waals surface area contributed by atoms with Gasteiger partial charge in [-0.05, 0) is 62.7 Å². The van der Waals surface area contributed by atoms with Crippen LogP contribution in [0.3, 0.4) is 0 Å². The van der Waals surface area contributed by atoms with E-state index in [9.17, 15) is 13.2 Å². The normalized spacial score (nSPS) is 11.6. The Hall–Kier alpha value is -4.62. The highest BCUT2D eigenvalue weighted by Crippen LogP contribution is 2.22. The van der Waals surface area contributed by atoms with Gasteiger partial charge in [-0.2, -0.15) is 5.10 Å². The molecule has 1 amide bonds. The summed E-state index contributed by atoms with van der Waals surface area (Å²) in [5.74, 6) is -0.412. The number of fused-ring (bicyclic) bond motifs is 1. The number of benzene rings is 1. The maximum Gasteiger partial charge on any atom is 0.274 e. The maximum atomic E-state index is 13.1. The smallest absolute Gasteiger partial charge is 0.274 e. The van der Waals surface area contributed by atoms with E-state index in [1.165, 1.54) is 30.5 Å². The Morgan fingerprint density at radius 2 is 1.72 bits per heavy atom. The quantitative estimate of drug-likeness (QED) is 0.255. The molecule has 0 aliphatic rings.